The van der Waals surface area contributed by atoms with Gasteiger partial charge in [0.1, 0.15) is 11.7 Å². The lowest BCUT2D eigenvalue weighted by atomic mass is 9.55. The summed E-state index contributed by atoms with van der Waals surface area (Å²) in [5, 5.41) is 0. The van der Waals surface area contributed by atoms with E-state index in [2.05, 4.69) is 6.58 Å². The monoisotopic (exact) mass is 338 g/mol. The molecule has 0 radical (unpaired) electrons. The van der Waals surface area contributed by atoms with Gasteiger partial charge in [0.15, 0.2) is 6.61 Å². The molecule has 2 fully saturated rings. The Morgan fingerprint density at radius 2 is 1.75 bits per heavy atom. The van der Waals surface area contributed by atoms with E-state index in [9.17, 15) is 14.4 Å². The maximum absolute atomic E-state index is 11.8. The number of hydrogen-bond acceptors (Lipinski definition) is 6. The normalized spacial score (nSPS) is 19.0. The van der Waals surface area contributed by atoms with Crippen LogP contribution in [-0.2, 0) is 28.6 Å². The van der Waals surface area contributed by atoms with Gasteiger partial charge in [-0.2, -0.15) is 0 Å². The van der Waals surface area contributed by atoms with Crippen LogP contribution < -0.4 is 0 Å². The predicted molar refractivity (Wildman–Crippen MR) is 86.0 cm³/mol. The molecule has 0 saturated heterocycles. The summed E-state index contributed by atoms with van der Waals surface area (Å²) in [6.07, 6.45) is 5.30. The van der Waals surface area contributed by atoms with Crippen molar-refractivity contribution >= 4 is 17.9 Å². The highest BCUT2D eigenvalue weighted by Gasteiger charge is 2.49. The van der Waals surface area contributed by atoms with Gasteiger partial charge in [0, 0.05) is 5.57 Å². The Morgan fingerprint density at radius 1 is 1.12 bits per heavy atom. The zero-order chi connectivity index (χ0) is 18.0. The lowest BCUT2D eigenvalue weighted by molar-refractivity contribution is -0.168. The fraction of sp³-hybridized carbons (Fsp3) is 0.722. The second-order valence-corrected chi connectivity index (χ2v) is 7.82. The lowest BCUT2D eigenvalue weighted by Crippen LogP contribution is -2.47. The van der Waals surface area contributed by atoms with E-state index in [-0.39, 0.29) is 18.1 Å². The van der Waals surface area contributed by atoms with Crippen molar-refractivity contribution < 1.29 is 28.6 Å². The topological polar surface area (TPSA) is 78.9 Å². The van der Waals surface area contributed by atoms with Crippen LogP contribution >= 0.6 is 0 Å². The molecule has 0 aliphatic heterocycles. The van der Waals surface area contributed by atoms with Crippen molar-refractivity contribution in [1.29, 1.82) is 0 Å². The molecule has 2 aliphatic carbocycles. The highest BCUT2D eigenvalue weighted by atomic mass is 16.6. The fourth-order valence-electron chi connectivity index (χ4n) is 3.15. The van der Waals surface area contributed by atoms with Gasteiger partial charge < -0.3 is 14.2 Å². The first-order valence-electron chi connectivity index (χ1n) is 8.35. The van der Waals surface area contributed by atoms with Crippen LogP contribution in [0, 0.1) is 5.41 Å². The Hall–Kier alpha value is -1.85. The predicted octanol–water partition coefficient (Wildman–Crippen LogP) is 2.69. The molecule has 2 saturated carbocycles. The van der Waals surface area contributed by atoms with Gasteiger partial charge in [-0.1, -0.05) is 13.0 Å². The van der Waals surface area contributed by atoms with Crippen LogP contribution in [0.25, 0.3) is 0 Å². The second kappa shape index (κ2) is 6.95. The molecule has 2 rings (SSSR count). The Morgan fingerprint density at radius 3 is 2.25 bits per heavy atom. The summed E-state index contributed by atoms with van der Waals surface area (Å²) in [4.78, 5) is 35.0. The van der Waals surface area contributed by atoms with Crippen molar-refractivity contribution in [3.05, 3.63) is 12.2 Å². The Balaban J connectivity index is 1.63. The third-order valence-corrected chi connectivity index (χ3v) is 4.42. The smallest absolute Gasteiger partial charge is 0.344 e. The average Bonchev–Trinajstić information content (AvgIpc) is 2.35. The van der Waals surface area contributed by atoms with E-state index in [0.717, 1.165) is 12.8 Å². The molecule has 2 aliphatic rings. The minimum absolute atomic E-state index is 0.0266. The molecule has 0 unspecified atom stereocenters. The summed E-state index contributed by atoms with van der Waals surface area (Å²) in [7, 11) is 0. The maximum atomic E-state index is 11.8. The highest BCUT2D eigenvalue weighted by molar-refractivity contribution is 5.94. The number of carbonyl (C=O) groups excluding carboxylic acids is 3. The van der Waals surface area contributed by atoms with Gasteiger partial charge in [0.2, 0.25) is 0 Å². The van der Waals surface area contributed by atoms with E-state index in [1.165, 1.54) is 19.3 Å². The summed E-state index contributed by atoms with van der Waals surface area (Å²) in [6.45, 7) is 8.18. The van der Waals surface area contributed by atoms with E-state index in [0.29, 0.717) is 5.41 Å². The van der Waals surface area contributed by atoms with Crippen LogP contribution in [-0.4, -0.2) is 36.2 Å². The van der Waals surface area contributed by atoms with E-state index >= 15 is 0 Å². The Bertz CT molecular complexity index is 530. The van der Waals surface area contributed by atoms with E-state index in [4.69, 9.17) is 14.2 Å². The molecule has 0 aromatic carbocycles. The minimum atomic E-state index is -0.790. The first kappa shape index (κ1) is 18.5. The summed E-state index contributed by atoms with van der Waals surface area (Å²) >= 11 is 0. The molecule has 0 atom stereocenters. The van der Waals surface area contributed by atoms with Crippen molar-refractivity contribution in [1.82, 2.24) is 0 Å². The summed E-state index contributed by atoms with van der Waals surface area (Å²) in [6, 6.07) is 0. The first-order chi connectivity index (χ1) is 11.1. The van der Waals surface area contributed by atoms with Gasteiger partial charge >= 0.3 is 17.9 Å². The average molecular weight is 338 g/mol. The second-order valence-electron chi connectivity index (χ2n) is 7.82. The highest BCUT2D eigenvalue weighted by Crippen LogP contribution is 2.56. The number of esters is 3. The fourth-order valence-corrected chi connectivity index (χ4v) is 3.15. The third-order valence-electron chi connectivity index (χ3n) is 4.42. The maximum Gasteiger partial charge on any atom is 0.344 e. The molecule has 0 bridgehead atoms. The van der Waals surface area contributed by atoms with Crippen molar-refractivity contribution in [3.63, 3.8) is 0 Å². The number of rotatable bonds is 6. The largest absolute Gasteiger partial charge is 0.462 e. The molecule has 0 aromatic heterocycles. The van der Waals surface area contributed by atoms with Crippen molar-refractivity contribution in [3.8, 4) is 0 Å². The quantitative estimate of drug-likeness (QED) is 0.421. The van der Waals surface area contributed by atoms with Crippen LogP contribution in [0.2, 0.25) is 0 Å². The van der Waals surface area contributed by atoms with Gasteiger partial charge in [0.05, 0.1) is 6.42 Å². The van der Waals surface area contributed by atoms with Gasteiger partial charge in [-0.3, -0.25) is 4.79 Å². The number of hydrogen-bond donors (Lipinski definition) is 0. The Kier molecular flexibility index (Phi) is 5.35. The molecule has 0 amide bonds. The van der Waals surface area contributed by atoms with E-state index < -0.39 is 30.1 Å². The number of ether oxygens (including phenoxy) is 3. The molecule has 24 heavy (non-hydrogen) atoms. The molecule has 6 heteroatoms. The molecule has 0 heterocycles. The van der Waals surface area contributed by atoms with Crippen molar-refractivity contribution in [2.45, 2.75) is 71.0 Å². The van der Waals surface area contributed by atoms with Gasteiger partial charge in [-0.05, 0) is 51.9 Å². The summed E-state index contributed by atoms with van der Waals surface area (Å²) < 4.78 is 15.1. The van der Waals surface area contributed by atoms with Crippen LogP contribution in [0.4, 0.5) is 0 Å². The molecule has 1 spiro atoms. The summed E-state index contributed by atoms with van der Waals surface area (Å²) in [5.41, 5.74) is -0.250. The third kappa shape index (κ3) is 5.08. The van der Waals surface area contributed by atoms with Gasteiger partial charge in [-0.15, -0.1) is 0 Å². The zero-order valence-electron chi connectivity index (χ0n) is 14.7. The SMILES string of the molecule is C=C(CC(=O)OC1CC2(CCC2)C1)C(=O)OCC(=O)OC(C)(C)C. The van der Waals surface area contributed by atoms with Crippen LogP contribution in [0.1, 0.15) is 59.3 Å². The molecular weight excluding hydrogens is 312 g/mol. The molecule has 0 aromatic rings. The van der Waals surface area contributed by atoms with Crippen LogP contribution in [0.5, 0.6) is 0 Å². The molecule has 6 nitrogen and oxygen atoms in total. The molecule has 134 valence electrons. The summed E-state index contributed by atoms with van der Waals surface area (Å²) in [5.74, 6) is -1.92. The molecule has 0 N–H and O–H groups in total. The van der Waals surface area contributed by atoms with Crippen LogP contribution in [0.15, 0.2) is 12.2 Å². The minimum Gasteiger partial charge on any atom is -0.462 e. The first-order valence-corrected chi connectivity index (χ1v) is 8.35. The zero-order valence-corrected chi connectivity index (χ0v) is 14.7. The molecular formula is C18H26O6. The van der Waals surface area contributed by atoms with E-state index in [1.807, 2.05) is 0 Å². The lowest BCUT2D eigenvalue weighted by Gasteiger charge is -2.53. The van der Waals surface area contributed by atoms with Gasteiger partial charge in [0.25, 0.3) is 0 Å². The van der Waals surface area contributed by atoms with Crippen molar-refractivity contribution in [2.24, 2.45) is 5.41 Å². The number of carbonyl (C=O) groups is 3. The van der Waals surface area contributed by atoms with Gasteiger partial charge in [-0.25, -0.2) is 9.59 Å². The van der Waals surface area contributed by atoms with E-state index in [1.54, 1.807) is 20.8 Å². The van der Waals surface area contributed by atoms with Crippen molar-refractivity contribution in [2.75, 3.05) is 6.61 Å². The van der Waals surface area contributed by atoms with Crippen LogP contribution in [0.3, 0.4) is 0 Å². The Labute approximate surface area is 142 Å². The standard InChI is InChI=1S/C18H26O6/c1-12(16(21)22-11-15(20)24-17(2,3)4)8-14(19)23-13-9-18(10-13)6-5-7-18/h13H,1,5-11H2,2-4H3.